The van der Waals surface area contributed by atoms with Crippen molar-refractivity contribution in [1.82, 2.24) is 20.2 Å². The van der Waals surface area contributed by atoms with E-state index in [-0.39, 0.29) is 16.5 Å². The predicted molar refractivity (Wildman–Crippen MR) is 128 cm³/mol. The van der Waals surface area contributed by atoms with E-state index in [0.717, 1.165) is 5.39 Å². The van der Waals surface area contributed by atoms with Crippen LogP contribution in [0.3, 0.4) is 0 Å². The first-order valence-electron chi connectivity index (χ1n) is 10.3. The van der Waals surface area contributed by atoms with Crippen molar-refractivity contribution >= 4 is 32.4 Å². The monoisotopic (exact) mass is 488 g/mol. The second-order valence-corrected chi connectivity index (χ2v) is 9.19. The van der Waals surface area contributed by atoms with Gasteiger partial charge in [-0.3, -0.25) is 4.79 Å². The zero-order valence-corrected chi connectivity index (χ0v) is 18.8. The van der Waals surface area contributed by atoms with E-state index in [1.807, 2.05) is 0 Å². The maximum atomic E-state index is 13.5. The highest BCUT2D eigenvalue weighted by Crippen LogP contribution is 2.28. The number of nitrogens with zero attached hydrogens (tertiary/aromatic N) is 4. The van der Waals surface area contributed by atoms with Gasteiger partial charge in [-0.05, 0) is 69.2 Å². The number of hydrogen-bond acceptors (Lipinski definition) is 6. The van der Waals surface area contributed by atoms with E-state index in [1.165, 1.54) is 22.9 Å². The Kier molecular flexibility index (Phi) is 5.55. The van der Waals surface area contributed by atoms with E-state index in [2.05, 4.69) is 20.8 Å². The summed E-state index contributed by atoms with van der Waals surface area (Å²) in [5.74, 6) is -0.936. The standard InChI is InChI=1S/C24H17FN6O3S/c25-18-9-5-17-14-20(12-8-16(17)13-18)31-23(28-29-30-31)24(32)27-19-10-6-15(7-11-19)21-3-1-2-4-22(21)35(26,33)34/h1-14H,(H,27,32)(H2,26,33,34). The molecule has 0 aliphatic heterocycles. The molecule has 0 radical (unpaired) electrons. The summed E-state index contributed by atoms with van der Waals surface area (Å²) in [7, 11) is -3.90. The Bertz CT molecular complexity index is 1680. The minimum Gasteiger partial charge on any atom is -0.319 e. The summed E-state index contributed by atoms with van der Waals surface area (Å²) in [6, 6.07) is 22.5. The van der Waals surface area contributed by atoms with Crippen molar-refractivity contribution in [2.24, 2.45) is 5.14 Å². The number of rotatable bonds is 5. The van der Waals surface area contributed by atoms with Gasteiger partial charge in [-0.25, -0.2) is 17.9 Å². The lowest BCUT2D eigenvalue weighted by atomic mass is 10.1. The highest BCUT2D eigenvalue weighted by molar-refractivity contribution is 7.89. The van der Waals surface area contributed by atoms with Gasteiger partial charge in [0.25, 0.3) is 5.91 Å². The minimum absolute atomic E-state index is 0.00841. The van der Waals surface area contributed by atoms with Crippen molar-refractivity contribution in [2.45, 2.75) is 4.90 Å². The first kappa shape index (κ1) is 22.3. The summed E-state index contributed by atoms with van der Waals surface area (Å²) in [4.78, 5) is 12.9. The maximum Gasteiger partial charge on any atom is 0.295 e. The predicted octanol–water partition coefficient (Wildman–Crippen LogP) is 3.52. The van der Waals surface area contributed by atoms with E-state index in [9.17, 15) is 17.6 Å². The van der Waals surface area contributed by atoms with Crippen LogP contribution in [0.5, 0.6) is 0 Å². The van der Waals surface area contributed by atoms with Gasteiger partial charge in [-0.15, -0.1) is 5.10 Å². The summed E-state index contributed by atoms with van der Waals surface area (Å²) in [5.41, 5.74) is 2.06. The zero-order chi connectivity index (χ0) is 24.6. The third kappa shape index (κ3) is 4.50. The van der Waals surface area contributed by atoms with Crippen LogP contribution in [0.2, 0.25) is 0 Å². The number of primary sulfonamides is 1. The van der Waals surface area contributed by atoms with Gasteiger partial charge in [0.15, 0.2) is 0 Å². The molecule has 5 aromatic rings. The number of tetrazole rings is 1. The Morgan fingerprint density at radius 3 is 2.40 bits per heavy atom. The van der Waals surface area contributed by atoms with Crippen LogP contribution in [-0.2, 0) is 10.0 Å². The second kappa shape index (κ2) is 8.70. The molecule has 5 rings (SSSR count). The maximum absolute atomic E-state index is 13.5. The first-order chi connectivity index (χ1) is 16.8. The number of carbonyl (C=O) groups excluding carboxylic acids is 1. The minimum atomic E-state index is -3.90. The summed E-state index contributed by atoms with van der Waals surface area (Å²) < 4.78 is 38.5. The van der Waals surface area contributed by atoms with Crippen molar-refractivity contribution in [3.8, 4) is 16.8 Å². The van der Waals surface area contributed by atoms with Gasteiger partial charge in [0.05, 0.1) is 10.6 Å². The van der Waals surface area contributed by atoms with Crippen LogP contribution in [-0.4, -0.2) is 34.5 Å². The van der Waals surface area contributed by atoms with E-state index < -0.39 is 15.9 Å². The molecule has 0 fully saturated rings. The smallest absolute Gasteiger partial charge is 0.295 e. The van der Waals surface area contributed by atoms with Crippen LogP contribution >= 0.6 is 0 Å². The van der Waals surface area contributed by atoms with E-state index in [1.54, 1.807) is 66.7 Å². The molecule has 9 nitrogen and oxygen atoms in total. The third-order valence-corrected chi connectivity index (χ3v) is 6.32. The summed E-state index contributed by atoms with van der Waals surface area (Å²) >= 11 is 0. The van der Waals surface area contributed by atoms with Crippen molar-refractivity contribution in [1.29, 1.82) is 0 Å². The SMILES string of the molecule is NS(=O)(=O)c1ccccc1-c1ccc(NC(=O)c2nnnn2-c2ccc3cc(F)ccc3c2)cc1. The highest BCUT2D eigenvalue weighted by Gasteiger charge is 2.18. The van der Waals surface area contributed by atoms with Crippen LogP contribution in [0, 0.1) is 5.82 Å². The van der Waals surface area contributed by atoms with Gasteiger partial charge in [-0.1, -0.05) is 42.5 Å². The molecule has 0 unspecified atom stereocenters. The molecule has 11 heteroatoms. The Morgan fingerprint density at radius 1 is 0.914 bits per heavy atom. The number of nitrogens with two attached hydrogens (primary N) is 1. The van der Waals surface area contributed by atoms with Crippen molar-refractivity contribution in [3.63, 3.8) is 0 Å². The lowest BCUT2D eigenvalue weighted by molar-refractivity contribution is 0.101. The van der Waals surface area contributed by atoms with Gasteiger partial charge in [-0.2, -0.15) is 4.68 Å². The molecule has 4 aromatic carbocycles. The second-order valence-electron chi connectivity index (χ2n) is 7.66. The van der Waals surface area contributed by atoms with Crippen molar-refractivity contribution < 1.29 is 17.6 Å². The van der Waals surface area contributed by atoms with Crippen LogP contribution in [0.15, 0.2) is 89.8 Å². The van der Waals surface area contributed by atoms with Gasteiger partial charge >= 0.3 is 0 Å². The Balaban J connectivity index is 1.40. The number of carbonyl (C=O) groups is 1. The molecule has 0 saturated carbocycles. The molecule has 1 heterocycles. The number of sulfonamides is 1. The lowest BCUT2D eigenvalue weighted by Gasteiger charge is -2.10. The quantitative estimate of drug-likeness (QED) is 0.389. The molecule has 1 aromatic heterocycles. The van der Waals surface area contributed by atoms with Crippen molar-refractivity contribution in [3.05, 3.63) is 96.6 Å². The fourth-order valence-electron chi connectivity index (χ4n) is 3.71. The third-order valence-electron chi connectivity index (χ3n) is 5.35. The number of anilines is 1. The molecule has 1 amide bonds. The number of halogens is 1. The van der Waals surface area contributed by atoms with Gasteiger partial charge < -0.3 is 5.32 Å². The number of nitrogens with one attached hydrogen (secondary N) is 1. The fourth-order valence-corrected chi connectivity index (χ4v) is 4.47. The zero-order valence-electron chi connectivity index (χ0n) is 18.0. The topological polar surface area (TPSA) is 133 Å². The van der Waals surface area contributed by atoms with Crippen LogP contribution < -0.4 is 10.5 Å². The average Bonchev–Trinajstić information content (AvgIpc) is 3.34. The Morgan fingerprint density at radius 2 is 1.63 bits per heavy atom. The summed E-state index contributed by atoms with van der Waals surface area (Å²) in [5, 5.41) is 20.9. The average molecular weight is 489 g/mol. The molecular weight excluding hydrogens is 471 g/mol. The molecule has 0 saturated heterocycles. The van der Waals surface area contributed by atoms with Crippen LogP contribution in [0.1, 0.15) is 10.6 Å². The van der Waals surface area contributed by atoms with Gasteiger partial charge in [0.1, 0.15) is 5.82 Å². The summed E-state index contributed by atoms with van der Waals surface area (Å²) in [6.45, 7) is 0. The van der Waals surface area contributed by atoms with Crippen molar-refractivity contribution in [2.75, 3.05) is 5.32 Å². The first-order valence-corrected chi connectivity index (χ1v) is 11.9. The number of benzene rings is 4. The molecule has 3 N–H and O–H groups in total. The lowest BCUT2D eigenvalue weighted by Crippen LogP contribution is -2.18. The molecule has 174 valence electrons. The van der Waals surface area contributed by atoms with E-state index in [4.69, 9.17) is 5.14 Å². The molecule has 0 aliphatic carbocycles. The highest BCUT2D eigenvalue weighted by atomic mass is 32.2. The number of hydrogen-bond donors (Lipinski definition) is 2. The van der Waals surface area contributed by atoms with E-state index >= 15 is 0 Å². The fraction of sp³-hybridized carbons (Fsp3) is 0. The molecular formula is C24H17FN6O3S. The molecule has 0 spiro atoms. The Labute approximate surface area is 199 Å². The van der Waals surface area contributed by atoms with Gasteiger partial charge in [0.2, 0.25) is 15.8 Å². The van der Waals surface area contributed by atoms with Crippen LogP contribution in [0.4, 0.5) is 10.1 Å². The molecule has 35 heavy (non-hydrogen) atoms. The largest absolute Gasteiger partial charge is 0.319 e. The molecule has 0 aliphatic rings. The normalized spacial score (nSPS) is 11.5. The summed E-state index contributed by atoms with van der Waals surface area (Å²) in [6.07, 6.45) is 0. The molecule has 0 bridgehead atoms. The number of fused-ring (bicyclic) bond motifs is 1. The Hall–Kier alpha value is -4.48. The van der Waals surface area contributed by atoms with Crippen LogP contribution in [0.25, 0.3) is 27.6 Å². The van der Waals surface area contributed by atoms with E-state index in [0.29, 0.717) is 27.9 Å². The van der Waals surface area contributed by atoms with Gasteiger partial charge in [0, 0.05) is 11.3 Å². The number of amides is 1. The number of aromatic nitrogens is 4. The molecule has 0 atom stereocenters.